The number of benzene rings is 2. The molecule has 4 heterocycles. The molecule has 3 atom stereocenters. The van der Waals surface area contributed by atoms with E-state index in [0.717, 1.165) is 24.3 Å². The average Bonchev–Trinajstić information content (AvgIpc) is 3.75. The quantitative estimate of drug-likeness (QED) is 0.285. The number of piperidine rings is 2. The van der Waals surface area contributed by atoms with Gasteiger partial charge in [0.25, 0.3) is 0 Å². The number of hydrogen-bond donors (Lipinski definition) is 2. The average molecular weight is 717 g/mol. The minimum absolute atomic E-state index is 0.00735. The molecule has 0 spiro atoms. The molecular formula is C36H41F5N6O4. The van der Waals surface area contributed by atoms with Gasteiger partial charge >= 0.3 is 12.1 Å². The first-order valence-corrected chi connectivity index (χ1v) is 17.2. The molecule has 3 aliphatic rings. The second-order valence-corrected chi connectivity index (χ2v) is 14.0. The lowest BCUT2D eigenvalue weighted by Gasteiger charge is -2.37. The van der Waals surface area contributed by atoms with Crippen LogP contribution in [-0.2, 0) is 20.6 Å². The first-order chi connectivity index (χ1) is 24.2. The lowest BCUT2D eigenvalue weighted by molar-refractivity contribution is -0.142. The highest BCUT2D eigenvalue weighted by molar-refractivity contribution is 5.92. The van der Waals surface area contributed by atoms with Crippen LogP contribution in [0.4, 0.5) is 33.6 Å². The molecular weight excluding hydrogens is 675 g/mol. The third-order valence-electron chi connectivity index (χ3n) is 10.4. The molecule has 0 radical (unpaired) electrons. The van der Waals surface area contributed by atoms with Crippen LogP contribution in [0.1, 0.15) is 56.6 Å². The van der Waals surface area contributed by atoms with Crippen LogP contribution in [0.25, 0.3) is 5.69 Å². The number of imidazole rings is 1. The van der Waals surface area contributed by atoms with Crippen molar-refractivity contribution >= 4 is 29.4 Å². The summed E-state index contributed by atoms with van der Waals surface area (Å²) < 4.78 is 72.2. The molecule has 274 valence electrons. The van der Waals surface area contributed by atoms with Crippen molar-refractivity contribution in [2.75, 3.05) is 49.5 Å². The SMILES string of the molecule is CC(C)C(=O)N1CCC(N2C[C@@H](C(=O)Nc3nccn3-c3ccc(C(F)(F)F)cc3N3CCC[C@@H](C(=O)O)C3)[C@H](c3ccc(F)cc3F)C2)CC1. The van der Waals surface area contributed by atoms with Crippen molar-refractivity contribution in [1.29, 1.82) is 0 Å². The lowest BCUT2D eigenvalue weighted by atomic mass is 9.88. The largest absolute Gasteiger partial charge is 0.481 e. The van der Waals surface area contributed by atoms with Crippen molar-refractivity contribution in [3.8, 4) is 5.69 Å². The van der Waals surface area contributed by atoms with Gasteiger partial charge in [0.1, 0.15) is 11.6 Å². The number of carboxylic acids is 1. The Kier molecular flexibility index (Phi) is 10.4. The zero-order chi connectivity index (χ0) is 36.6. The summed E-state index contributed by atoms with van der Waals surface area (Å²) in [5, 5.41) is 12.5. The van der Waals surface area contributed by atoms with Crippen LogP contribution in [0.5, 0.6) is 0 Å². The van der Waals surface area contributed by atoms with Gasteiger partial charge in [-0.05, 0) is 55.5 Å². The molecule has 15 heteroatoms. The van der Waals surface area contributed by atoms with Gasteiger partial charge in [-0.3, -0.25) is 29.2 Å². The van der Waals surface area contributed by atoms with E-state index in [9.17, 15) is 37.1 Å². The number of amides is 2. The fourth-order valence-electron chi connectivity index (χ4n) is 7.68. The number of rotatable bonds is 8. The standard InChI is InChI=1S/C36H41F5N6O4/c1-21(2)33(49)44-13-9-25(10-14-44)46-19-27(26-7-6-24(37)17-29(26)38)28(20-46)32(48)43-35-42-11-15-47(35)30-8-5-23(36(39,40)41)16-31(30)45-12-3-4-22(18-45)34(50)51/h5-8,11,15-17,21-22,25,27-28H,3-4,9-10,12-14,18-20H2,1-2H3,(H,50,51)(H,42,43,48)/t22-,27+,28-/m1/s1. The Morgan fingerprint density at radius 3 is 2.35 bits per heavy atom. The van der Waals surface area contributed by atoms with Crippen molar-refractivity contribution in [2.24, 2.45) is 17.8 Å². The van der Waals surface area contributed by atoms with Crippen LogP contribution in [0.3, 0.4) is 0 Å². The normalized spacial score (nSPS) is 22.1. The molecule has 0 saturated carbocycles. The smallest absolute Gasteiger partial charge is 0.416 e. The van der Waals surface area contributed by atoms with Gasteiger partial charge in [0.2, 0.25) is 17.8 Å². The summed E-state index contributed by atoms with van der Waals surface area (Å²) in [6.45, 7) is 5.74. The predicted octanol–water partition coefficient (Wildman–Crippen LogP) is 5.77. The minimum atomic E-state index is -4.65. The Morgan fingerprint density at radius 2 is 1.69 bits per heavy atom. The van der Waals surface area contributed by atoms with Gasteiger partial charge < -0.3 is 14.9 Å². The van der Waals surface area contributed by atoms with Crippen LogP contribution in [0.2, 0.25) is 0 Å². The summed E-state index contributed by atoms with van der Waals surface area (Å²) in [4.78, 5) is 48.4. The molecule has 0 bridgehead atoms. The fourth-order valence-corrected chi connectivity index (χ4v) is 7.68. The maximum atomic E-state index is 15.2. The number of aliphatic carboxylic acids is 1. The number of carboxylic acid groups (broad SMARTS) is 1. The molecule has 0 aliphatic carbocycles. The molecule has 6 rings (SSSR count). The summed E-state index contributed by atoms with van der Waals surface area (Å²) in [5.74, 6) is -5.28. The number of nitrogens with one attached hydrogen (secondary N) is 1. The van der Waals surface area contributed by atoms with Gasteiger partial charge in [-0.1, -0.05) is 19.9 Å². The molecule has 0 unspecified atom stereocenters. The predicted molar refractivity (Wildman–Crippen MR) is 178 cm³/mol. The molecule has 3 fully saturated rings. The molecule has 3 saturated heterocycles. The number of carbonyl (C=O) groups excluding carboxylic acids is 2. The highest BCUT2D eigenvalue weighted by Gasteiger charge is 2.43. The Labute approximate surface area is 292 Å². The number of anilines is 2. The van der Waals surface area contributed by atoms with Crippen LogP contribution < -0.4 is 10.2 Å². The highest BCUT2D eigenvalue weighted by atomic mass is 19.4. The van der Waals surface area contributed by atoms with E-state index in [0.29, 0.717) is 51.9 Å². The summed E-state index contributed by atoms with van der Waals surface area (Å²) >= 11 is 0. The van der Waals surface area contributed by atoms with Gasteiger partial charge in [-0.15, -0.1) is 0 Å². The molecule has 51 heavy (non-hydrogen) atoms. The number of carbonyl (C=O) groups is 3. The summed E-state index contributed by atoms with van der Waals surface area (Å²) in [7, 11) is 0. The van der Waals surface area contributed by atoms with E-state index in [1.54, 1.807) is 4.90 Å². The highest BCUT2D eigenvalue weighted by Crippen LogP contribution is 2.40. The maximum absolute atomic E-state index is 15.2. The van der Waals surface area contributed by atoms with Crippen molar-refractivity contribution in [3.05, 3.63) is 71.6 Å². The Hall–Kier alpha value is -4.53. The number of halogens is 5. The second-order valence-electron chi connectivity index (χ2n) is 14.0. The van der Waals surface area contributed by atoms with Crippen molar-refractivity contribution in [2.45, 2.75) is 57.7 Å². The zero-order valence-corrected chi connectivity index (χ0v) is 28.4. The topological polar surface area (TPSA) is 111 Å². The molecule has 3 aliphatic heterocycles. The molecule has 1 aromatic heterocycles. The van der Waals surface area contributed by atoms with Crippen molar-refractivity contribution < 1.29 is 41.4 Å². The van der Waals surface area contributed by atoms with E-state index in [1.165, 1.54) is 29.1 Å². The van der Waals surface area contributed by atoms with Crippen LogP contribution >= 0.6 is 0 Å². The van der Waals surface area contributed by atoms with Gasteiger partial charge in [-0.2, -0.15) is 13.2 Å². The van der Waals surface area contributed by atoms with E-state index in [4.69, 9.17) is 0 Å². The first kappa shape index (κ1) is 36.3. The summed E-state index contributed by atoms with van der Waals surface area (Å²) in [6, 6.07) is 6.49. The van der Waals surface area contributed by atoms with E-state index in [-0.39, 0.29) is 53.8 Å². The number of nitrogens with zero attached hydrogens (tertiary/aromatic N) is 5. The van der Waals surface area contributed by atoms with E-state index >= 15 is 4.39 Å². The first-order valence-electron chi connectivity index (χ1n) is 17.2. The number of likely N-dealkylation sites (tertiary alicyclic amines) is 2. The lowest BCUT2D eigenvalue weighted by Crippen LogP contribution is -2.47. The number of hydrogen-bond acceptors (Lipinski definition) is 6. The third kappa shape index (κ3) is 7.72. The summed E-state index contributed by atoms with van der Waals surface area (Å²) in [5.41, 5.74) is -0.305. The van der Waals surface area contributed by atoms with E-state index in [1.807, 2.05) is 18.7 Å². The summed E-state index contributed by atoms with van der Waals surface area (Å²) in [6.07, 6.45) is 0.434. The molecule has 2 N–H and O–H groups in total. The maximum Gasteiger partial charge on any atom is 0.416 e. The van der Waals surface area contributed by atoms with Gasteiger partial charge in [0, 0.05) is 75.6 Å². The molecule has 3 aromatic rings. The molecule has 10 nitrogen and oxygen atoms in total. The number of aromatic nitrogens is 2. The van der Waals surface area contributed by atoms with E-state index < -0.39 is 53.0 Å². The second kappa shape index (κ2) is 14.6. The van der Waals surface area contributed by atoms with E-state index in [2.05, 4.69) is 15.2 Å². The van der Waals surface area contributed by atoms with Gasteiger partial charge in [-0.25, -0.2) is 13.8 Å². The van der Waals surface area contributed by atoms with Gasteiger partial charge in [0.15, 0.2) is 0 Å². The third-order valence-corrected chi connectivity index (χ3v) is 10.4. The van der Waals surface area contributed by atoms with Crippen molar-refractivity contribution in [1.82, 2.24) is 19.4 Å². The van der Waals surface area contributed by atoms with Crippen molar-refractivity contribution in [3.63, 3.8) is 0 Å². The number of alkyl halides is 3. The van der Waals surface area contributed by atoms with Gasteiger partial charge in [0.05, 0.1) is 28.8 Å². The van der Waals surface area contributed by atoms with Crippen LogP contribution in [0, 0.1) is 29.4 Å². The Balaban J connectivity index is 1.28. The minimum Gasteiger partial charge on any atom is -0.481 e. The molecule has 2 amide bonds. The zero-order valence-electron chi connectivity index (χ0n) is 28.4. The Bertz CT molecular complexity index is 1770. The van der Waals surface area contributed by atoms with Crippen LogP contribution in [-0.4, -0.2) is 87.6 Å². The Morgan fingerprint density at radius 1 is 0.941 bits per heavy atom. The molecule has 2 aromatic carbocycles. The fraction of sp³-hybridized carbons (Fsp3) is 0.500. The van der Waals surface area contributed by atoms with Crippen LogP contribution in [0.15, 0.2) is 48.8 Å². The monoisotopic (exact) mass is 716 g/mol.